The standard InChI is InChI=1S/C18H28N2O3/c1-6-14(2)17-9-7-16(8-10-17)13-23-18(22)20(5)12-11-19(4)15(3)21/h7-10,14H,6,11-13H2,1-5H3. The number of ether oxygens (including phenoxy) is 1. The highest BCUT2D eigenvalue weighted by atomic mass is 16.6. The van der Waals surface area contributed by atoms with E-state index in [4.69, 9.17) is 4.74 Å². The molecule has 1 atom stereocenters. The molecule has 2 amide bonds. The van der Waals surface area contributed by atoms with Crippen molar-refractivity contribution in [3.8, 4) is 0 Å². The van der Waals surface area contributed by atoms with E-state index in [-0.39, 0.29) is 18.6 Å². The van der Waals surface area contributed by atoms with Crippen molar-refractivity contribution in [2.75, 3.05) is 27.2 Å². The smallest absolute Gasteiger partial charge is 0.409 e. The van der Waals surface area contributed by atoms with E-state index in [1.165, 1.54) is 17.4 Å². The lowest BCUT2D eigenvalue weighted by molar-refractivity contribution is -0.127. The maximum atomic E-state index is 11.9. The fraction of sp³-hybridized carbons (Fsp3) is 0.556. The van der Waals surface area contributed by atoms with Crippen LogP contribution in [0.5, 0.6) is 0 Å². The van der Waals surface area contributed by atoms with Crippen LogP contribution in [0.2, 0.25) is 0 Å². The van der Waals surface area contributed by atoms with Crippen LogP contribution in [0, 0.1) is 0 Å². The molecule has 0 N–H and O–H groups in total. The molecule has 1 aromatic rings. The Hall–Kier alpha value is -2.04. The van der Waals surface area contributed by atoms with Crippen LogP contribution in [-0.4, -0.2) is 49.0 Å². The van der Waals surface area contributed by atoms with Crippen LogP contribution in [0.25, 0.3) is 0 Å². The predicted octanol–water partition coefficient (Wildman–Crippen LogP) is 3.25. The maximum Gasteiger partial charge on any atom is 0.409 e. The Morgan fingerprint density at radius 1 is 1.09 bits per heavy atom. The van der Waals surface area contributed by atoms with Crippen molar-refractivity contribution in [2.24, 2.45) is 0 Å². The van der Waals surface area contributed by atoms with Gasteiger partial charge in [-0.3, -0.25) is 4.79 Å². The van der Waals surface area contributed by atoms with Crippen molar-refractivity contribution < 1.29 is 14.3 Å². The molecule has 0 radical (unpaired) electrons. The molecule has 5 nitrogen and oxygen atoms in total. The van der Waals surface area contributed by atoms with Crippen LogP contribution < -0.4 is 0 Å². The number of carbonyl (C=O) groups is 2. The first kappa shape index (κ1) is 19.0. The topological polar surface area (TPSA) is 49.9 Å². The first-order valence-electron chi connectivity index (χ1n) is 8.03. The molecule has 0 aromatic heterocycles. The molecule has 1 unspecified atom stereocenters. The van der Waals surface area contributed by atoms with Gasteiger partial charge in [-0.15, -0.1) is 0 Å². The van der Waals surface area contributed by atoms with E-state index in [0.29, 0.717) is 19.0 Å². The Kier molecular flexibility index (Phi) is 7.59. The first-order valence-corrected chi connectivity index (χ1v) is 8.03. The Balaban J connectivity index is 2.41. The number of hydrogen-bond acceptors (Lipinski definition) is 3. The second kappa shape index (κ2) is 9.18. The molecule has 1 aromatic carbocycles. The van der Waals surface area contributed by atoms with Crippen LogP contribution >= 0.6 is 0 Å². The summed E-state index contributed by atoms with van der Waals surface area (Å²) < 4.78 is 5.29. The monoisotopic (exact) mass is 320 g/mol. The van der Waals surface area contributed by atoms with Gasteiger partial charge in [-0.25, -0.2) is 4.79 Å². The van der Waals surface area contributed by atoms with E-state index in [2.05, 4.69) is 26.0 Å². The van der Waals surface area contributed by atoms with Crippen molar-refractivity contribution in [3.63, 3.8) is 0 Å². The molecule has 23 heavy (non-hydrogen) atoms. The third kappa shape index (κ3) is 6.30. The van der Waals surface area contributed by atoms with Crippen molar-refractivity contribution in [3.05, 3.63) is 35.4 Å². The molecule has 5 heteroatoms. The third-order valence-corrected chi connectivity index (χ3v) is 4.14. The van der Waals surface area contributed by atoms with Gasteiger partial charge in [0.05, 0.1) is 0 Å². The lowest BCUT2D eigenvalue weighted by atomic mass is 9.98. The summed E-state index contributed by atoms with van der Waals surface area (Å²) in [6, 6.07) is 8.17. The third-order valence-electron chi connectivity index (χ3n) is 4.14. The number of rotatable bonds is 7. The van der Waals surface area contributed by atoms with Gasteiger partial charge < -0.3 is 14.5 Å². The van der Waals surface area contributed by atoms with Gasteiger partial charge in [0.15, 0.2) is 0 Å². The second-order valence-corrected chi connectivity index (χ2v) is 5.97. The Bertz CT molecular complexity index is 514. The largest absolute Gasteiger partial charge is 0.445 e. The molecule has 0 aliphatic rings. The molecule has 0 bridgehead atoms. The summed E-state index contributed by atoms with van der Waals surface area (Å²) in [6.07, 6.45) is 0.723. The van der Waals surface area contributed by atoms with E-state index < -0.39 is 0 Å². The van der Waals surface area contributed by atoms with Gasteiger partial charge in [0.25, 0.3) is 0 Å². The van der Waals surface area contributed by atoms with Crippen LogP contribution in [0.3, 0.4) is 0 Å². The summed E-state index contributed by atoms with van der Waals surface area (Å²) in [5.74, 6) is 0.518. The van der Waals surface area contributed by atoms with Gasteiger partial charge in [0, 0.05) is 34.1 Å². The predicted molar refractivity (Wildman–Crippen MR) is 91.3 cm³/mol. The Labute approximate surface area is 139 Å². The molecule has 0 heterocycles. The van der Waals surface area contributed by atoms with Gasteiger partial charge in [-0.05, 0) is 23.5 Å². The van der Waals surface area contributed by atoms with Gasteiger partial charge >= 0.3 is 6.09 Å². The zero-order valence-electron chi connectivity index (χ0n) is 14.8. The van der Waals surface area contributed by atoms with Gasteiger partial charge in [-0.2, -0.15) is 0 Å². The van der Waals surface area contributed by atoms with Crippen molar-refractivity contribution in [1.29, 1.82) is 0 Å². The highest BCUT2D eigenvalue weighted by Gasteiger charge is 2.12. The second-order valence-electron chi connectivity index (χ2n) is 5.97. The summed E-state index contributed by atoms with van der Waals surface area (Å²) in [5, 5.41) is 0. The summed E-state index contributed by atoms with van der Waals surface area (Å²) in [6.45, 7) is 7.06. The molecule has 1 rings (SSSR count). The molecule has 0 aliphatic carbocycles. The Morgan fingerprint density at radius 2 is 1.65 bits per heavy atom. The summed E-state index contributed by atoms with van der Waals surface area (Å²) in [5.41, 5.74) is 2.27. The quantitative estimate of drug-likeness (QED) is 0.775. The number of nitrogens with zero attached hydrogens (tertiary/aromatic N) is 2. The molecule has 0 fully saturated rings. The average molecular weight is 320 g/mol. The minimum atomic E-state index is -0.382. The van der Waals surface area contributed by atoms with Gasteiger partial charge in [-0.1, -0.05) is 38.1 Å². The zero-order chi connectivity index (χ0) is 17.4. The van der Waals surface area contributed by atoms with Crippen LogP contribution in [0.1, 0.15) is 44.2 Å². The maximum absolute atomic E-state index is 11.9. The van der Waals surface area contributed by atoms with Gasteiger partial charge in [0.1, 0.15) is 6.61 Å². The molecule has 0 aliphatic heterocycles. The summed E-state index contributed by atoms with van der Waals surface area (Å²) in [7, 11) is 3.38. The van der Waals surface area contributed by atoms with Crippen LogP contribution in [-0.2, 0) is 16.1 Å². The molecular formula is C18H28N2O3. The summed E-state index contributed by atoms with van der Waals surface area (Å²) >= 11 is 0. The minimum Gasteiger partial charge on any atom is -0.445 e. The molecule has 0 spiro atoms. The van der Waals surface area contributed by atoms with Crippen LogP contribution in [0.4, 0.5) is 4.79 Å². The van der Waals surface area contributed by atoms with E-state index in [1.54, 1.807) is 19.0 Å². The minimum absolute atomic E-state index is 0.0202. The average Bonchev–Trinajstić information content (AvgIpc) is 2.56. The number of benzene rings is 1. The number of hydrogen-bond donors (Lipinski definition) is 0. The van der Waals surface area contributed by atoms with Crippen LogP contribution in [0.15, 0.2) is 24.3 Å². The van der Waals surface area contributed by atoms with Crippen molar-refractivity contribution in [2.45, 2.75) is 39.7 Å². The highest BCUT2D eigenvalue weighted by molar-refractivity contribution is 5.73. The molecule has 0 saturated carbocycles. The fourth-order valence-electron chi connectivity index (χ4n) is 1.98. The van der Waals surface area contributed by atoms with E-state index >= 15 is 0 Å². The number of likely N-dealkylation sites (N-methyl/N-ethyl adjacent to an activating group) is 2. The molecule has 0 saturated heterocycles. The molecule has 128 valence electrons. The van der Waals surface area contributed by atoms with Crippen molar-refractivity contribution in [1.82, 2.24) is 9.80 Å². The van der Waals surface area contributed by atoms with Crippen molar-refractivity contribution >= 4 is 12.0 Å². The number of amides is 2. The van der Waals surface area contributed by atoms with Gasteiger partial charge in [0.2, 0.25) is 5.91 Å². The zero-order valence-corrected chi connectivity index (χ0v) is 14.8. The highest BCUT2D eigenvalue weighted by Crippen LogP contribution is 2.19. The SMILES string of the molecule is CCC(C)c1ccc(COC(=O)N(C)CCN(C)C(C)=O)cc1. The normalized spacial score (nSPS) is 11.7. The van der Waals surface area contributed by atoms with E-state index in [9.17, 15) is 9.59 Å². The lowest BCUT2D eigenvalue weighted by Crippen LogP contribution is -2.36. The lowest BCUT2D eigenvalue weighted by Gasteiger charge is -2.21. The van der Waals surface area contributed by atoms with E-state index in [1.807, 2.05) is 12.1 Å². The Morgan fingerprint density at radius 3 is 2.17 bits per heavy atom. The fourth-order valence-corrected chi connectivity index (χ4v) is 1.98. The molecular weight excluding hydrogens is 292 g/mol. The first-order chi connectivity index (χ1) is 10.8. The number of carbonyl (C=O) groups excluding carboxylic acids is 2. The summed E-state index contributed by atoms with van der Waals surface area (Å²) in [4.78, 5) is 26.1. The van der Waals surface area contributed by atoms with E-state index in [0.717, 1.165) is 12.0 Å².